The van der Waals surface area contributed by atoms with Gasteiger partial charge in [0.15, 0.2) is 0 Å². The molecule has 0 saturated carbocycles. The van der Waals surface area contributed by atoms with E-state index in [1.807, 2.05) is 24.3 Å². The average molecular weight is 252 g/mol. The van der Waals surface area contributed by atoms with E-state index in [9.17, 15) is 4.79 Å². The number of hydrogen-bond donors (Lipinski definition) is 1. The number of pyridine rings is 1. The summed E-state index contributed by atoms with van der Waals surface area (Å²) in [5.41, 5.74) is 0.966. The molecule has 1 aromatic heterocycles. The van der Waals surface area contributed by atoms with Gasteiger partial charge in [-0.1, -0.05) is 18.2 Å². The lowest BCUT2D eigenvalue weighted by Gasteiger charge is -2.01. The zero-order valence-electron chi connectivity index (χ0n) is 7.07. The van der Waals surface area contributed by atoms with Gasteiger partial charge in [0.1, 0.15) is 4.60 Å². The fourth-order valence-corrected chi connectivity index (χ4v) is 1.72. The molecular formula is C10H6BrNO2. The van der Waals surface area contributed by atoms with Crippen molar-refractivity contribution in [1.29, 1.82) is 0 Å². The summed E-state index contributed by atoms with van der Waals surface area (Å²) in [5, 5.41) is 9.68. The second-order valence-electron chi connectivity index (χ2n) is 2.82. The van der Waals surface area contributed by atoms with Crippen molar-refractivity contribution in [2.45, 2.75) is 0 Å². The first kappa shape index (κ1) is 9.15. The molecule has 0 aliphatic rings. The lowest BCUT2D eigenvalue weighted by Crippen LogP contribution is -1.99. The molecule has 0 bridgehead atoms. The van der Waals surface area contributed by atoms with Gasteiger partial charge in [0, 0.05) is 5.39 Å². The van der Waals surface area contributed by atoms with Gasteiger partial charge in [-0.05, 0) is 28.1 Å². The van der Waals surface area contributed by atoms with Gasteiger partial charge in [-0.15, -0.1) is 0 Å². The first-order valence-corrected chi connectivity index (χ1v) is 4.76. The maximum absolute atomic E-state index is 10.8. The molecule has 0 aliphatic heterocycles. The Kier molecular flexibility index (Phi) is 2.21. The van der Waals surface area contributed by atoms with Crippen molar-refractivity contribution in [3.63, 3.8) is 0 Å². The van der Waals surface area contributed by atoms with Gasteiger partial charge in [0.05, 0.1) is 11.1 Å². The predicted molar refractivity (Wildman–Crippen MR) is 56.4 cm³/mol. The molecule has 2 rings (SSSR count). The van der Waals surface area contributed by atoms with Crippen LogP contribution in [0.5, 0.6) is 0 Å². The lowest BCUT2D eigenvalue weighted by atomic mass is 10.2. The molecule has 0 saturated heterocycles. The van der Waals surface area contributed by atoms with E-state index in [0.29, 0.717) is 4.60 Å². The number of benzene rings is 1. The molecule has 0 aliphatic carbocycles. The minimum atomic E-state index is -0.977. The van der Waals surface area contributed by atoms with Crippen molar-refractivity contribution in [2.75, 3.05) is 0 Å². The van der Waals surface area contributed by atoms with Crippen molar-refractivity contribution in [3.8, 4) is 0 Å². The van der Waals surface area contributed by atoms with Crippen molar-refractivity contribution in [1.82, 2.24) is 4.98 Å². The summed E-state index contributed by atoms with van der Waals surface area (Å²) in [7, 11) is 0. The van der Waals surface area contributed by atoms with E-state index in [-0.39, 0.29) is 5.56 Å². The Morgan fingerprint density at radius 1 is 1.36 bits per heavy atom. The van der Waals surface area contributed by atoms with E-state index in [0.717, 1.165) is 10.9 Å². The third-order valence-electron chi connectivity index (χ3n) is 1.91. The first-order valence-electron chi connectivity index (χ1n) is 3.97. The van der Waals surface area contributed by atoms with Crippen molar-refractivity contribution in [3.05, 3.63) is 40.5 Å². The molecule has 0 radical (unpaired) electrons. The Balaban J connectivity index is 2.77. The molecule has 0 fully saturated rings. The van der Waals surface area contributed by atoms with Crippen LogP contribution >= 0.6 is 15.9 Å². The topological polar surface area (TPSA) is 50.2 Å². The van der Waals surface area contributed by atoms with Gasteiger partial charge >= 0.3 is 5.97 Å². The van der Waals surface area contributed by atoms with Gasteiger partial charge in [-0.3, -0.25) is 0 Å². The maximum Gasteiger partial charge on any atom is 0.338 e. The van der Waals surface area contributed by atoms with E-state index in [4.69, 9.17) is 5.11 Å². The molecule has 4 heteroatoms. The minimum absolute atomic E-state index is 0.184. The minimum Gasteiger partial charge on any atom is -0.478 e. The number of fused-ring (bicyclic) bond motifs is 1. The number of hydrogen-bond acceptors (Lipinski definition) is 2. The fraction of sp³-hybridized carbons (Fsp3) is 0. The molecule has 1 aromatic carbocycles. The van der Waals surface area contributed by atoms with E-state index >= 15 is 0 Å². The van der Waals surface area contributed by atoms with Gasteiger partial charge < -0.3 is 5.11 Å². The molecule has 0 spiro atoms. The van der Waals surface area contributed by atoms with Crippen molar-refractivity contribution < 1.29 is 9.90 Å². The Morgan fingerprint density at radius 2 is 2.07 bits per heavy atom. The smallest absolute Gasteiger partial charge is 0.338 e. The van der Waals surface area contributed by atoms with Crippen LogP contribution in [0.1, 0.15) is 10.4 Å². The van der Waals surface area contributed by atoms with Crippen LogP contribution in [0.4, 0.5) is 0 Å². The number of halogens is 1. The van der Waals surface area contributed by atoms with Crippen LogP contribution in [0, 0.1) is 0 Å². The maximum atomic E-state index is 10.8. The second kappa shape index (κ2) is 3.38. The number of carbonyl (C=O) groups is 1. The van der Waals surface area contributed by atoms with Crippen LogP contribution in [0.15, 0.2) is 34.9 Å². The van der Waals surface area contributed by atoms with Crippen LogP contribution in [0.25, 0.3) is 10.9 Å². The molecule has 14 heavy (non-hydrogen) atoms. The highest BCUT2D eigenvalue weighted by molar-refractivity contribution is 9.10. The Labute approximate surface area is 88.5 Å². The van der Waals surface area contributed by atoms with Crippen LogP contribution in [-0.4, -0.2) is 16.1 Å². The molecule has 1 heterocycles. The van der Waals surface area contributed by atoms with Crippen LogP contribution < -0.4 is 0 Å². The highest BCUT2D eigenvalue weighted by atomic mass is 79.9. The van der Waals surface area contributed by atoms with Crippen LogP contribution in [0.3, 0.4) is 0 Å². The second-order valence-corrected chi connectivity index (χ2v) is 3.58. The quantitative estimate of drug-likeness (QED) is 0.794. The highest BCUT2D eigenvalue weighted by Crippen LogP contribution is 2.20. The zero-order chi connectivity index (χ0) is 10.1. The summed E-state index contributed by atoms with van der Waals surface area (Å²) in [6.45, 7) is 0. The largest absolute Gasteiger partial charge is 0.478 e. The summed E-state index contributed by atoms with van der Waals surface area (Å²) in [6.07, 6.45) is 0. The van der Waals surface area contributed by atoms with E-state index in [2.05, 4.69) is 20.9 Å². The summed E-state index contributed by atoms with van der Waals surface area (Å²) in [4.78, 5) is 14.9. The summed E-state index contributed by atoms with van der Waals surface area (Å²) in [6, 6.07) is 8.99. The summed E-state index contributed by atoms with van der Waals surface area (Å²) in [5.74, 6) is -0.977. The van der Waals surface area contributed by atoms with Gasteiger partial charge in [0.25, 0.3) is 0 Å². The number of aromatic nitrogens is 1. The molecule has 0 amide bonds. The number of carboxylic acid groups (broad SMARTS) is 1. The zero-order valence-corrected chi connectivity index (χ0v) is 8.65. The molecule has 3 nitrogen and oxygen atoms in total. The SMILES string of the molecule is O=C(O)c1cc2ccccc2nc1Br. The van der Waals surface area contributed by atoms with Gasteiger partial charge in [0.2, 0.25) is 0 Å². The predicted octanol–water partition coefficient (Wildman–Crippen LogP) is 2.70. The Hall–Kier alpha value is -1.42. The molecule has 1 N–H and O–H groups in total. The third kappa shape index (κ3) is 1.48. The van der Waals surface area contributed by atoms with Gasteiger partial charge in [-0.2, -0.15) is 0 Å². The molecular weight excluding hydrogens is 246 g/mol. The molecule has 70 valence electrons. The van der Waals surface area contributed by atoms with Crippen LogP contribution in [0.2, 0.25) is 0 Å². The van der Waals surface area contributed by atoms with Crippen molar-refractivity contribution in [2.24, 2.45) is 0 Å². The molecule has 0 atom stereocenters. The van der Waals surface area contributed by atoms with Gasteiger partial charge in [-0.25, -0.2) is 9.78 Å². The van der Waals surface area contributed by atoms with Crippen molar-refractivity contribution >= 4 is 32.8 Å². The molecule has 2 aromatic rings. The third-order valence-corrected chi connectivity index (χ3v) is 2.51. The normalized spacial score (nSPS) is 10.4. The summed E-state index contributed by atoms with van der Waals surface area (Å²) >= 11 is 3.13. The molecule has 0 unspecified atom stereocenters. The first-order chi connectivity index (χ1) is 6.68. The highest BCUT2D eigenvalue weighted by Gasteiger charge is 2.10. The Morgan fingerprint density at radius 3 is 2.79 bits per heavy atom. The number of nitrogens with zero attached hydrogens (tertiary/aromatic N) is 1. The number of aromatic carboxylic acids is 1. The monoisotopic (exact) mass is 251 g/mol. The number of carboxylic acids is 1. The Bertz CT molecular complexity index is 510. The van der Waals surface area contributed by atoms with Crippen LogP contribution in [-0.2, 0) is 0 Å². The number of para-hydroxylation sites is 1. The summed E-state index contributed by atoms with van der Waals surface area (Å²) < 4.78 is 0.365. The van der Waals surface area contributed by atoms with E-state index < -0.39 is 5.97 Å². The van der Waals surface area contributed by atoms with E-state index in [1.165, 1.54) is 0 Å². The average Bonchev–Trinajstić information content (AvgIpc) is 2.16. The standard InChI is InChI=1S/C10H6BrNO2/c11-9-7(10(13)14)5-6-3-1-2-4-8(6)12-9/h1-5H,(H,13,14). The fourth-order valence-electron chi connectivity index (χ4n) is 1.24. The number of rotatable bonds is 1. The lowest BCUT2D eigenvalue weighted by molar-refractivity contribution is 0.0695. The van der Waals surface area contributed by atoms with E-state index in [1.54, 1.807) is 6.07 Å².